The first-order valence-electron chi connectivity index (χ1n) is 14.1. The molecule has 6 heteroatoms. The van der Waals surface area contributed by atoms with Crippen LogP contribution in [0.2, 0.25) is 0 Å². The van der Waals surface area contributed by atoms with Crippen LogP contribution in [-0.2, 0) is 13.1 Å². The Morgan fingerprint density at radius 2 is 1.29 bits per heavy atom. The quantitative estimate of drug-likeness (QED) is 0.217. The lowest BCUT2D eigenvalue weighted by Crippen LogP contribution is -2.46. The molecule has 0 saturated heterocycles. The van der Waals surface area contributed by atoms with E-state index in [0.29, 0.717) is 0 Å². The molecule has 3 heterocycles. The summed E-state index contributed by atoms with van der Waals surface area (Å²) < 4.78 is 3.30. The van der Waals surface area contributed by atoms with E-state index in [0.717, 1.165) is 63.8 Å². The normalized spacial score (nSPS) is 13.5. The highest BCUT2D eigenvalue weighted by Gasteiger charge is 2.30. The number of imidazole rings is 1. The monoisotopic (exact) mass is 610 g/mol. The molecule has 0 fully saturated rings. The van der Waals surface area contributed by atoms with Gasteiger partial charge in [-0.3, -0.25) is 4.57 Å². The van der Waals surface area contributed by atoms with Gasteiger partial charge in [-0.25, -0.2) is 4.98 Å². The highest BCUT2D eigenvalue weighted by molar-refractivity contribution is 9.10. The van der Waals surface area contributed by atoms with E-state index in [2.05, 4.69) is 115 Å². The van der Waals surface area contributed by atoms with Gasteiger partial charge in [-0.05, 0) is 41.5 Å². The van der Waals surface area contributed by atoms with Crippen LogP contribution in [0.15, 0.2) is 126 Å². The minimum Gasteiger partial charge on any atom is -0.508 e. The van der Waals surface area contributed by atoms with E-state index < -0.39 is 0 Å². The van der Waals surface area contributed by atoms with Gasteiger partial charge in [-0.1, -0.05) is 101 Å². The molecule has 2 aliphatic rings. The Morgan fingerprint density at radius 1 is 0.619 bits per heavy atom. The highest BCUT2D eigenvalue weighted by Crippen LogP contribution is 2.43. The number of aromatic hydroxyl groups is 1. The molecule has 1 N–H and O–H groups in total. The number of fused-ring (bicyclic) bond motifs is 6. The number of anilines is 2. The third kappa shape index (κ3) is 4.18. The first-order valence-corrected chi connectivity index (χ1v) is 14.9. The predicted molar refractivity (Wildman–Crippen MR) is 173 cm³/mol. The summed E-state index contributed by atoms with van der Waals surface area (Å²) in [6, 6.07) is 41.5. The van der Waals surface area contributed by atoms with Crippen LogP contribution in [0.3, 0.4) is 0 Å². The van der Waals surface area contributed by atoms with E-state index in [4.69, 9.17) is 4.98 Å². The summed E-state index contributed by atoms with van der Waals surface area (Å²) in [4.78, 5) is 10.3. The third-order valence-electron chi connectivity index (χ3n) is 8.20. The van der Waals surface area contributed by atoms with Gasteiger partial charge in [0.25, 0.3) is 0 Å². The Kier molecular flexibility index (Phi) is 5.90. The topological polar surface area (TPSA) is 44.5 Å². The van der Waals surface area contributed by atoms with Gasteiger partial charge in [0.2, 0.25) is 0 Å². The average molecular weight is 612 g/mol. The summed E-state index contributed by atoms with van der Waals surface area (Å²) in [6.45, 7) is 2.58. The van der Waals surface area contributed by atoms with Gasteiger partial charge >= 0.3 is 0 Å². The molecule has 2 aliphatic heterocycles. The van der Waals surface area contributed by atoms with Gasteiger partial charge in [0.15, 0.2) is 0 Å². The smallest absolute Gasteiger partial charge is 0.145 e. The van der Waals surface area contributed by atoms with Gasteiger partial charge in [0, 0.05) is 51.7 Å². The maximum atomic E-state index is 10.5. The molecule has 8 rings (SSSR count). The fourth-order valence-electron chi connectivity index (χ4n) is 6.29. The second-order valence-corrected chi connectivity index (χ2v) is 11.8. The van der Waals surface area contributed by atoms with Crippen LogP contribution in [0.1, 0.15) is 11.1 Å². The molecule has 0 radical (unpaired) electrons. The first kappa shape index (κ1) is 24.9. The average Bonchev–Trinajstić information content (AvgIpc) is 3.43. The number of rotatable bonds is 4. The third-order valence-corrected chi connectivity index (χ3v) is 8.69. The Labute approximate surface area is 253 Å². The Morgan fingerprint density at radius 3 is 2.00 bits per heavy atom. The summed E-state index contributed by atoms with van der Waals surface area (Å²) in [5.41, 5.74) is 11.1. The number of benzene rings is 5. The molecule has 5 nitrogen and oxygen atoms in total. The molecular formula is C36H27BrN4O. The van der Waals surface area contributed by atoms with Crippen LogP contribution < -0.4 is 9.80 Å². The lowest BCUT2D eigenvalue weighted by molar-refractivity contribution is 0.475. The molecule has 0 aliphatic carbocycles. The largest absolute Gasteiger partial charge is 0.508 e. The van der Waals surface area contributed by atoms with Crippen molar-refractivity contribution < 1.29 is 5.11 Å². The molecule has 1 aromatic heterocycles. The second kappa shape index (κ2) is 9.93. The number of phenolic OH excluding ortho intramolecular Hbond substituents is 1. The minimum absolute atomic E-state index is 0.219. The fourth-order valence-corrected chi connectivity index (χ4v) is 6.64. The summed E-state index contributed by atoms with van der Waals surface area (Å²) in [6.07, 6.45) is 0. The summed E-state index contributed by atoms with van der Waals surface area (Å²) >= 11 is 3.65. The number of phenols is 1. The Balaban J connectivity index is 1.34. The van der Waals surface area contributed by atoms with Gasteiger partial charge in [0.05, 0.1) is 23.7 Å². The standard InChI is InChI=1S/C36H27BrN4O/c37-29-17-16-28-22-39-23-40(33(28)19-29)21-27-15-14-26(18-32(27)39)36-38-34(24-8-3-1-4-9-24)35(25-10-5-2-6-11-25)41(36)30-12-7-13-31(42)20-30/h1-20,42H,21-23H2. The van der Waals surface area contributed by atoms with Crippen LogP contribution in [-0.4, -0.2) is 21.3 Å². The van der Waals surface area contributed by atoms with Gasteiger partial charge in [-0.15, -0.1) is 0 Å². The molecule has 0 spiro atoms. The molecule has 5 aromatic carbocycles. The van der Waals surface area contributed by atoms with Gasteiger partial charge < -0.3 is 14.9 Å². The van der Waals surface area contributed by atoms with E-state index in [9.17, 15) is 5.11 Å². The number of hydrogen-bond acceptors (Lipinski definition) is 4. The van der Waals surface area contributed by atoms with Crippen molar-refractivity contribution in [2.24, 2.45) is 0 Å². The van der Waals surface area contributed by atoms with Crippen molar-refractivity contribution in [2.75, 3.05) is 16.5 Å². The summed E-state index contributed by atoms with van der Waals surface area (Å²) in [5, 5.41) is 10.5. The molecule has 2 bridgehead atoms. The lowest BCUT2D eigenvalue weighted by Gasteiger charge is -2.45. The lowest BCUT2D eigenvalue weighted by atomic mass is 10.00. The van der Waals surface area contributed by atoms with Crippen LogP contribution in [0.4, 0.5) is 11.4 Å². The molecule has 6 aromatic rings. The van der Waals surface area contributed by atoms with E-state index in [1.807, 2.05) is 30.3 Å². The molecule has 42 heavy (non-hydrogen) atoms. The van der Waals surface area contributed by atoms with Crippen LogP contribution >= 0.6 is 15.9 Å². The molecule has 0 unspecified atom stereocenters. The van der Waals surface area contributed by atoms with Crippen LogP contribution in [0, 0.1) is 0 Å². The zero-order valence-corrected chi connectivity index (χ0v) is 24.4. The van der Waals surface area contributed by atoms with Crippen molar-refractivity contribution in [1.29, 1.82) is 0 Å². The van der Waals surface area contributed by atoms with E-state index in [1.54, 1.807) is 6.07 Å². The molecule has 0 atom stereocenters. The van der Waals surface area contributed by atoms with E-state index in [-0.39, 0.29) is 5.75 Å². The van der Waals surface area contributed by atoms with E-state index in [1.165, 1.54) is 22.5 Å². The van der Waals surface area contributed by atoms with Crippen LogP contribution in [0.25, 0.3) is 39.6 Å². The fraction of sp³-hybridized carbons (Fsp3) is 0.0833. The molecule has 0 saturated carbocycles. The molecule has 0 amide bonds. The SMILES string of the molecule is Oc1cccc(-n2c(-c3ccc4c(c3)N3Cc5ccc(Br)cc5N(C4)C3)nc(-c3ccccc3)c2-c2ccccc2)c1. The second-order valence-electron chi connectivity index (χ2n) is 10.9. The number of nitrogens with zero attached hydrogens (tertiary/aromatic N) is 4. The molecular weight excluding hydrogens is 584 g/mol. The molecule has 204 valence electrons. The van der Waals surface area contributed by atoms with Gasteiger partial charge in [-0.2, -0.15) is 0 Å². The van der Waals surface area contributed by atoms with Crippen molar-refractivity contribution in [1.82, 2.24) is 9.55 Å². The summed E-state index contributed by atoms with van der Waals surface area (Å²) in [5.74, 6) is 1.06. The predicted octanol–water partition coefficient (Wildman–Crippen LogP) is 8.64. The maximum Gasteiger partial charge on any atom is 0.145 e. The van der Waals surface area contributed by atoms with Crippen LogP contribution in [0.5, 0.6) is 5.75 Å². The van der Waals surface area contributed by atoms with Crippen molar-refractivity contribution in [2.45, 2.75) is 13.1 Å². The highest BCUT2D eigenvalue weighted by atomic mass is 79.9. The maximum absolute atomic E-state index is 10.5. The number of hydrogen-bond donors (Lipinski definition) is 1. The van der Waals surface area contributed by atoms with Crippen molar-refractivity contribution in [3.8, 4) is 45.3 Å². The number of halogens is 1. The Bertz CT molecular complexity index is 1950. The first-order chi connectivity index (χ1) is 20.6. The summed E-state index contributed by atoms with van der Waals surface area (Å²) in [7, 11) is 0. The minimum atomic E-state index is 0.219. The van der Waals surface area contributed by atoms with E-state index >= 15 is 0 Å². The van der Waals surface area contributed by atoms with Gasteiger partial charge in [0.1, 0.15) is 11.6 Å². The zero-order valence-electron chi connectivity index (χ0n) is 22.8. The van der Waals surface area contributed by atoms with Crippen molar-refractivity contribution >= 4 is 27.3 Å². The van der Waals surface area contributed by atoms with Crippen molar-refractivity contribution in [3.05, 3.63) is 137 Å². The zero-order chi connectivity index (χ0) is 28.2. The Hall–Kier alpha value is -4.81. The number of aromatic nitrogens is 2. The van der Waals surface area contributed by atoms with Crippen molar-refractivity contribution in [3.63, 3.8) is 0 Å².